The number of aryl methyl sites for hydroxylation is 4. The minimum absolute atomic E-state index is 0.836. The molecule has 0 bridgehead atoms. The van der Waals surface area contributed by atoms with Crippen LogP contribution in [0.15, 0.2) is 144 Å². The van der Waals surface area contributed by atoms with Gasteiger partial charge in [0.05, 0.1) is 21.1 Å². The second-order valence-corrected chi connectivity index (χ2v) is 33.9. The fraction of sp³-hybridized carbons (Fsp3) is 0.324. The Kier molecular flexibility index (Phi) is 20.7. The summed E-state index contributed by atoms with van der Waals surface area (Å²) in [6, 6.07) is 51.5. The zero-order valence-electron chi connectivity index (χ0n) is 50.9. The standard InChI is InChI=1S/C74H76N4S10/c1-5-9-13-17-23-49-29-33-59(81-49)63-39-37-57(85-63)53-47-55-56(48-54(53)58-38-40-64(86-58)60-34-30-50(82-60)24-18-14-10-6-2)78(70-28-22-46-80-70)74-73(77(55)69-27-21-45-79-69)75-71(67-43-41-65(87-67)61-35-31-51(83-61)25-19-15-11-7-3)72(76-74)68-44-42-66(88-68)62-36-32-52(84-62)26-20-16-12-8-4/h21-22,27-48H,5-20,23-26H2,1-4H3. The monoisotopic (exact) mass is 1340 g/mol. The number of hydrogen-bond donors (Lipinski definition) is 0. The van der Waals surface area contributed by atoms with Gasteiger partial charge < -0.3 is 0 Å². The van der Waals surface area contributed by atoms with Crippen molar-refractivity contribution in [3.63, 3.8) is 0 Å². The molecule has 0 saturated heterocycles. The Hall–Kier alpha value is -5.10. The first kappa shape index (κ1) is 61.7. The van der Waals surface area contributed by atoms with Gasteiger partial charge in [0.15, 0.2) is 11.6 Å². The lowest BCUT2D eigenvalue weighted by molar-refractivity contribution is 0.670. The number of aromatic nitrogens is 2. The number of thiophene rings is 10. The van der Waals surface area contributed by atoms with Crippen molar-refractivity contribution in [1.29, 1.82) is 0 Å². The molecule has 0 atom stereocenters. The third-order valence-corrected chi connectivity index (χ3v) is 28.0. The van der Waals surface area contributed by atoms with Crippen molar-refractivity contribution in [2.24, 2.45) is 0 Å². The third kappa shape index (κ3) is 13.9. The van der Waals surface area contributed by atoms with Crippen LogP contribution in [0.5, 0.6) is 0 Å². The molecule has 13 rings (SSSR count). The van der Waals surface area contributed by atoms with Gasteiger partial charge in [0, 0.05) is 79.4 Å². The van der Waals surface area contributed by atoms with Crippen LogP contribution in [0.3, 0.4) is 0 Å². The van der Waals surface area contributed by atoms with Gasteiger partial charge >= 0.3 is 0 Å². The summed E-state index contributed by atoms with van der Waals surface area (Å²) in [4.78, 5) is 38.2. The summed E-state index contributed by atoms with van der Waals surface area (Å²) in [5, 5.41) is 6.63. The molecule has 88 heavy (non-hydrogen) atoms. The van der Waals surface area contributed by atoms with Crippen LogP contribution in [0.1, 0.15) is 150 Å². The van der Waals surface area contributed by atoms with E-state index in [4.69, 9.17) is 9.97 Å². The fourth-order valence-corrected chi connectivity index (χ4v) is 21.9. The average molecular weight is 1340 g/mol. The smallest absolute Gasteiger partial charge is 0.183 e. The number of hydrogen-bond acceptors (Lipinski definition) is 14. The summed E-state index contributed by atoms with van der Waals surface area (Å²) in [6.07, 6.45) is 25.0. The van der Waals surface area contributed by atoms with Gasteiger partial charge in [-0.25, -0.2) is 9.97 Å². The molecule has 1 aromatic carbocycles. The van der Waals surface area contributed by atoms with Gasteiger partial charge in [-0.15, -0.1) is 113 Å². The number of nitrogens with zero attached hydrogens (tertiary/aromatic N) is 4. The zero-order valence-corrected chi connectivity index (χ0v) is 59.0. The summed E-state index contributed by atoms with van der Waals surface area (Å²) < 4.78 is 0. The maximum Gasteiger partial charge on any atom is 0.183 e. The molecule has 12 aromatic rings. The Morgan fingerprint density at radius 1 is 0.295 bits per heavy atom. The maximum absolute atomic E-state index is 6.05. The van der Waals surface area contributed by atoms with Crippen LogP contribution in [0, 0.1) is 0 Å². The molecule has 0 unspecified atom stereocenters. The van der Waals surface area contributed by atoms with E-state index in [0.717, 1.165) is 79.8 Å². The number of fused-ring (bicyclic) bond motifs is 2. The Bertz CT molecular complexity index is 3670. The van der Waals surface area contributed by atoms with Crippen LogP contribution in [0.25, 0.3) is 81.0 Å². The van der Waals surface area contributed by atoms with Crippen LogP contribution in [0.2, 0.25) is 0 Å². The lowest BCUT2D eigenvalue weighted by Gasteiger charge is -2.38. The molecule has 14 heteroatoms. The molecule has 0 amide bonds. The molecule has 1 aliphatic heterocycles. The van der Waals surface area contributed by atoms with Crippen molar-refractivity contribution in [3.8, 4) is 81.0 Å². The molecule has 0 fully saturated rings. The van der Waals surface area contributed by atoms with Crippen molar-refractivity contribution in [1.82, 2.24) is 9.97 Å². The molecule has 0 N–H and O–H groups in total. The normalized spacial score (nSPS) is 12.3. The highest BCUT2D eigenvalue weighted by Gasteiger charge is 2.38. The molecule has 12 heterocycles. The topological polar surface area (TPSA) is 32.3 Å². The lowest BCUT2D eigenvalue weighted by Crippen LogP contribution is -2.26. The molecule has 0 spiro atoms. The van der Waals surface area contributed by atoms with E-state index in [1.54, 1.807) is 22.7 Å². The predicted octanol–water partition coefficient (Wildman–Crippen LogP) is 28.2. The van der Waals surface area contributed by atoms with Gasteiger partial charge in [0.1, 0.15) is 21.4 Å². The van der Waals surface area contributed by atoms with Gasteiger partial charge in [0.25, 0.3) is 0 Å². The summed E-state index contributed by atoms with van der Waals surface area (Å²) in [7, 11) is 0. The lowest BCUT2D eigenvalue weighted by atomic mass is 9.99. The van der Waals surface area contributed by atoms with Crippen molar-refractivity contribution in [2.75, 3.05) is 9.80 Å². The molecule has 0 aliphatic carbocycles. The summed E-state index contributed by atoms with van der Waals surface area (Å²) in [6.45, 7) is 9.18. The van der Waals surface area contributed by atoms with E-state index < -0.39 is 0 Å². The fourth-order valence-electron chi connectivity index (χ4n) is 11.8. The molecule has 0 radical (unpaired) electrons. The second-order valence-electron chi connectivity index (χ2n) is 23.0. The molecule has 0 saturated carbocycles. The number of anilines is 6. The summed E-state index contributed by atoms with van der Waals surface area (Å²) >= 11 is 18.9. The Labute approximate surface area is 561 Å². The van der Waals surface area contributed by atoms with Crippen molar-refractivity contribution in [2.45, 2.75) is 156 Å². The van der Waals surface area contributed by atoms with E-state index in [1.807, 2.05) is 90.7 Å². The van der Waals surface area contributed by atoms with Crippen LogP contribution in [-0.4, -0.2) is 9.97 Å². The summed E-state index contributed by atoms with van der Waals surface area (Å²) in [5.41, 5.74) is 6.49. The van der Waals surface area contributed by atoms with E-state index in [9.17, 15) is 0 Å². The molecular weight excluding hydrogens is 1270 g/mol. The minimum Gasteiger partial charge on any atom is -0.281 e. The second kappa shape index (κ2) is 29.5. The highest BCUT2D eigenvalue weighted by Crippen LogP contribution is 2.59. The number of rotatable bonds is 30. The first-order valence-electron chi connectivity index (χ1n) is 32.0. The quantitative estimate of drug-likeness (QED) is 0.0420. The van der Waals surface area contributed by atoms with E-state index in [0.29, 0.717) is 0 Å². The third-order valence-electron chi connectivity index (χ3n) is 16.5. The summed E-state index contributed by atoms with van der Waals surface area (Å²) in [5.74, 6) is 1.67. The Morgan fingerprint density at radius 3 is 0.886 bits per heavy atom. The Balaban J connectivity index is 0.965. The van der Waals surface area contributed by atoms with E-state index >= 15 is 0 Å². The molecule has 452 valence electrons. The molecular formula is C74H76N4S10. The average Bonchev–Trinajstić information content (AvgIpc) is 1.19. The largest absolute Gasteiger partial charge is 0.281 e. The van der Waals surface area contributed by atoms with Gasteiger partial charge in [-0.05, 0) is 196 Å². The van der Waals surface area contributed by atoms with Crippen molar-refractivity contribution >= 4 is 146 Å². The minimum atomic E-state index is 0.836. The van der Waals surface area contributed by atoms with Gasteiger partial charge in [-0.2, -0.15) is 0 Å². The first-order chi connectivity index (χ1) is 43.4. The van der Waals surface area contributed by atoms with Crippen LogP contribution >= 0.6 is 113 Å². The highest BCUT2D eigenvalue weighted by atomic mass is 32.1. The van der Waals surface area contributed by atoms with E-state index in [2.05, 4.69) is 182 Å². The number of benzene rings is 1. The molecule has 11 aromatic heterocycles. The van der Waals surface area contributed by atoms with Crippen LogP contribution in [0.4, 0.5) is 33.0 Å². The maximum atomic E-state index is 6.05. The zero-order chi connectivity index (χ0) is 59.8. The molecule has 4 nitrogen and oxygen atoms in total. The SMILES string of the molecule is CCCCCCc1ccc(-c2ccc(-c3cc4c(cc3-c3ccc(-c5ccc(CCCCCC)s5)s3)N(c3cccs3)c3nc(-c5ccc(-c6ccc(CCCCCC)s6)s5)c(-c5ccc(-c6ccc(CCCCCC)s6)s5)nc3N4c3cccs3)s2)s1. The van der Waals surface area contributed by atoms with Gasteiger partial charge in [-0.1, -0.05) is 105 Å². The molecule has 1 aliphatic rings. The van der Waals surface area contributed by atoms with Crippen LogP contribution < -0.4 is 9.80 Å². The predicted molar refractivity (Wildman–Crippen MR) is 399 cm³/mol. The van der Waals surface area contributed by atoms with Crippen LogP contribution in [-0.2, 0) is 25.7 Å². The number of unbranched alkanes of at least 4 members (excludes halogenated alkanes) is 12. The Morgan fingerprint density at radius 2 is 0.580 bits per heavy atom. The van der Waals surface area contributed by atoms with E-state index in [-0.39, 0.29) is 0 Å². The van der Waals surface area contributed by atoms with Gasteiger partial charge in [-0.3, -0.25) is 9.80 Å². The first-order valence-corrected chi connectivity index (χ1v) is 40.3. The highest BCUT2D eigenvalue weighted by molar-refractivity contribution is 7.26. The van der Waals surface area contributed by atoms with Gasteiger partial charge in [0.2, 0.25) is 0 Å². The van der Waals surface area contributed by atoms with Crippen molar-refractivity contribution < 1.29 is 0 Å². The van der Waals surface area contributed by atoms with Crippen molar-refractivity contribution in [3.05, 3.63) is 164 Å². The van der Waals surface area contributed by atoms with E-state index in [1.165, 1.54) is 182 Å².